The molecule has 1 aliphatic rings. The zero-order valence-electron chi connectivity index (χ0n) is 11.0. The van der Waals surface area contributed by atoms with Crippen molar-refractivity contribution in [2.45, 2.75) is 31.8 Å². The summed E-state index contributed by atoms with van der Waals surface area (Å²) in [7, 11) is 3.81. The minimum absolute atomic E-state index is 0.389. The third-order valence-electron chi connectivity index (χ3n) is 3.66. The van der Waals surface area contributed by atoms with Crippen LogP contribution in [0.25, 0.3) is 0 Å². The zero-order chi connectivity index (χ0) is 13.1. The highest BCUT2D eigenvalue weighted by atomic mass is 32.1. The van der Waals surface area contributed by atoms with Crippen molar-refractivity contribution >= 4 is 17.2 Å². The molecule has 1 aromatic carbocycles. The Kier molecular flexibility index (Phi) is 4.19. The van der Waals surface area contributed by atoms with Crippen molar-refractivity contribution in [3.63, 3.8) is 0 Å². The molecule has 1 aromatic rings. The van der Waals surface area contributed by atoms with Crippen LogP contribution in [0.15, 0.2) is 18.2 Å². The van der Waals surface area contributed by atoms with Gasteiger partial charge in [-0.05, 0) is 37.6 Å². The van der Waals surface area contributed by atoms with Crippen molar-refractivity contribution in [2.75, 3.05) is 14.2 Å². The van der Waals surface area contributed by atoms with E-state index >= 15 is 0 Å². The summed E-state index contributed by atoms with van der Waals surface area (Å²) in [6.07, 6.45) is 3.99. The van der Waals surface area contributed by atoms with Crippen LogP contribution < -0.4 is 10.5 Å². The van der Waals surface area contributed by atoms with E-state index in [4.69, 9.17) is 22.7 Å². The topological polar surface area (TPSA) is 38.5 Å². The molecule has 1 fully saturated rings. The maximum atomic E-state index is 5.72. The Balaban J connectivity index is 2.13. The number of methoxy groups -OCH3 is 1. The quantitative estimate of drug-likeness (QED) is 0.828. The lowest BCUT2D eigenvalue weighted by Crippen LogP contribution is -2.36. The molecule has 0 saturated heterocycles. The standard InChI is InChI=1S/C14H20N2OS/c1-16(11-4-3-5-11)9-10-6-7-13(17-2)12(8-10)14(15)18/h6-8,11H,3-5,9H2,1-2H3,(H2,15,18). The predicted octanol–water partition coefficient (Wildman–Crippen LogP) is 2.31. The number of hydrogen-bond donors (Lipinski definition) is 1. The van der Waals surface area contributed by atoms with Crippen molar-refractivity contribution in [2.24, 2.45) is 5.73 Å². The molecular weight excluding hydrogens is 244 g/mol. The lowest BCUT2D eigenvalue weighted by Gasteiger charge is -2.34. The van der Waals surface area contributed by atoms with E-state index < -0.39 is 0 Å². The fourth-order valence-electron chi connectivity index (χ4n) is 2.29. The van der Waals surface area contributed by atoms with Gasteiger partial charge in [-0.2, -0.15) is 0 Å². The molecule has 18 heavy (non-hydrogen) atoms. The van der Waals surface area contributed by atoms with Gasteiger partial charge in [-0.3, -0.25) is 4.90 Å². The molecule has 0 heterocycles. The van der Waals surface area contributed by atoms with Gasteiger partial charge in [-0.1, -0.05) is 24.7 Å². The van der Waals surface area contributed by atoms with Crippen LogP contribution >= 0.6 is 12.2 Å². The zero-order valence-corrected chi connectivity index (χ0v) is 11.8. The molecule has 0 radical (unpaired) electrons. The molecular formula is C14H20N2OS. The van der Waals surface area contributed by atoms with Crippen LogP contribution in [0.4, 0.5) is 0 Å². The van der Waals surface area contributed by atoms with Crippen LogP contribution in [0, 0.1) is 0 Å². The molecule has 0 aliphatic heterocycles. The second-order valence-electron chi connectivity index (χ2n) is 4.90. The van der Waals surface area contributed by atoms with E-state index in [-0.39, 0.29) is 0 Å². The van der Waals surface area contributed by atoms with Gasteiger partial charge in [0.05, 0.1) is 12.7 Å². The molecule has 1 saturated carbocycles. The second-order valence-corrected chi connectivity index (χ2v) is 5.34. The van der Waals surface area contributed by atoms with Gasteiger partial charge in [0.15, 0.2) is 0 Å². The molecule has 1 aliphatic carbocycles. The summed E-state index contributed by atoms with van der Waals surface area (Å²) in [5.74, 6) is 0.748. The highest BCUT2D eigenvalue weighted by Gasteiger charge is 2.22. The fraction of sp³-hybridized carbons (Fsp3) is 0.500. The smallest absolute Gasteiger partial charge is 0.129 e. The van der Waals surface area contributed by atoms with Crippen molar-refractivity contribution in [1.29, 1.82) is 0 Å². The monoisotopic (exact) mass is 264 g/mol. The second kappa shape index (κ2) is 5.67. The largest absolute Gasteiger partial charge is 0.496 e. The maximum Gasteiger partial charge on any atom is 0.129 e. The van der Waals surface area contributed by atoms with Crippen LogP contribution in [0.2, 0.25) is 0 Å². The van der Waals surface area contributed by atoms with E-state index in [0.29, 0.717) is 4.99 Å². The van der Waals surface area contributed by atoms with Crippen LogP contribution in [0.5, 0.6) is 5.75 Å². The van der Waals surface area contributed by atoms with E-state index in [2.05, 4.69) is 18.0 Å². The molecule has 3 nitrogen and oxygen atoms in total. The third-order valence-corrected chi connectivity index (χ3v) is 3.88. The van der Waals surface area contributed by atoms with Gasteiger partial charge in [0.2, 0.25) is 0 Å². The van der Waals surface area contributed by atoms with E-state index in [9.17, 15) is 0 Å². The molecule has 0 spiro atoms. The first-order chi connectivity index (χ1) is 8.61. The minimum Gasteiger partial charge on any atom is -0.496 e. The van der Waals surface area contributed by atoms with Gasteiger partial charge in [0.25, 0.3) is 0 Å². The van der Waals surface area contributed by atoms with Gasteiger partial charge < -0.3 is 10.5 Å². The van der Waals surface area contributed by atoms with E-state index in [1.807, 2.05) is 12.1 Å². The summed E-state index contributed by atoms with van der Waals surface area (Å²) in [6, 6.07) is 6.80. The molecule has 0 aromatic heterocycles. The summed E-state index contributed by atoms with van der Waals surface area (Å²) in [5.41, 5.74) is 7.78. The van der Waals surface area contributed by atoms with Gasteiger partial charge in [-0.15, -0.1) is 0 Å². The number of nitrogens with zero attached hydrogens (tertiary/aromatic N) is 1. The van der Waals surface area contributed by atoms with Gasteiger partial charge in [0, 0.05) is 12.6 Å². The number of thiocarbonyl (C=S) groups is 1. The predicted molar refractivity (Wildman–Crippen MR) is 78.0 cm³/mol. The highest BCUT2D eigenvalue weighted by molar-refractivity contribution is 7.80. The fourth-order valence-corrected chi connectivity index (χ4v) is 2.45. The lowest BCUT2D eigenvalue weighted by molar-refractivity contribution is 0.152. The molecule has 0 amide bonds. The first-order valence-electron chi connectivity index (χ1n) is 6.28. The van der Waals surface area contributed by atoms with Crippen molar-refractivity contribution < 1.29 is 4.74 Å². The number of nitrogens with two attached hydrogens (primary N) is 1. The highest BCUT2D eigenvalue weighted by Crippen LogP contribution is 2.26. The Morgan fingerprint density at radius 2 is 2.22 bits per heavy atom. The number of rotatable bonds is 5. The Hall–Kier alpha value is -1.13. The third kappa shape index (κ3) is 2.82. The summed E-state index contributed by atoms with van der Waals surface area (Å²) in [4.78, 5) is 2.79. The number of ether oxygens (including phenoxy) is 1. The molecule has 4 heteroatoms. The summed E-state index contributed by atoms with van der Waals surface area (Å²) < 4.78 is 5.27. The SMILES string of the molecule is COc1ccc(CN(C)C2CCC2)cc1C(N)=S. The molecule has 2 N–H and O–H groups in total. The lowest BCUT2D eigenvalue weighted by atomic mass is 9.91. The first-order valence-corrected chi connectivity index (χ1v) is 6.69. The summed E-state index contributed by atoms with van der Waals surface area (Å²) in [5, 5.41) is 0. The van der Waals surface area contributed by atoms with Crippen LogP contribution in [0.1, 0.15) is 30.4 Å². The Labute approximate surface area is 114 Å². The molecule has 0 bridgehead atoms. The van der Waals surface area contributed by atoms with Crippen LogP contribution in [-0.2, 0) is 6.54 Å². The summed E-state index contributed by atoms with van der Waals surface area (Å²) >= 11 is 5.06. The number of hydrogen-bond acceptors (Lipinski definition) is 3. The Bertz CT molecular complexity index is 443. The van der Waals surface area contributed by atoms with E-state index in [1.54, 1.807) is 7.11 Å². The Morgan fingerprint density at radius 1 is 1.50 bits per heavy atom. The van der Waals surface area contributed by atoms with Gasteiger partial charge in [0.1, 0.15) is 10.7 Å². The molecule has 98 valence electrons. The summed E-state index contributed by atoms with van der Waals surface area (Å²) in [6.45, 7) is 0.935. The molecule has 0 atom stereocenters. The minimum atomic E-state index is 0.389. The number of benzene rings is 1. The van der Waals surface area contributed by atoms with Crippen molar-refractivity contribution in [3.8, 4) is 5.75 Å². The van der Waals surface area contributed by atoms with Crippen LogP contribution in [0.3, 0.4) is 0 Å². The first kappa shape index (κ1) is 13.3. The van der Waals surface area contributed by atoms with E-state index in [1.165, 1.54) is 24.8 Å². The van der Waals surface area contributed by atoms with Crippen molar-refractivity contribution in [1.82, 2.24) is 4.90 Å². The van der Waals surface area contributed by atoms with Crippen LogP contribution in [-0.4, -0.2) is 30.1 Å². The van der Waals surface area contributed by atoms with Gasteiger partial charge in [-0.25, -0.2) is 0 Å². The normalized spacial score (nSPS) is 15.5. The average molecular weight is 264 g/mol. The Morgan fingerprint density at radius 3 is 2.72 bits per heavy atom. The van der Waals surface area contributed by atoms with Gasteiger partial charge >= 0.3 is 0 Å². The maximum absolute atomic E-state index is 5.72. The van der Waals surface area contributed by atoms with E-state index in [0.717, 1.165) is 23.9 Å². The average Bonchev–Trinajstić information content (AvgIpc) is 2.26. The molecule has 0 unspecified atom stereocenters. The van der Waals surface area contributed by atoms with Crippen molar-refractivity contribution in [3.05, 3.63) is 29.3 Å². The molecule has 2 rings (SSSR count).